The van der Waals surface area contributed by atoms with E-state index >= 15 is 0 Å². The van der Waals surface area contributed by atoms with Gasteiger partial charge in [-0.25, -0.2) is 12.8 Å². The van der Waals surface area contributed by atoms with Crippen LogP contribution < -0.4 is 4.72 Å². The van der Waals surface area contributed by atoms with E-state index in [1.807, 2.05) is 0 Å². The zero-order valence-electron chi connectivity index (χ0n) is 8.54. The molecule has 0 bridgehead atoms. The summed E-state index contributed by atoms with van der Waals surface area (Å²) in [7, 11) is -3.92. The Bertz CT molecular complexity index is 560. The molecule has 1 aromatic rings. The lowest BCUT2D eigenvalue weighted by Crippen LogP contribution is -2.24. The second-order valence-corrected chi connectivity index (χ2v) is 5.98. The van der Waals surface area contributed by atoms with Gasteiger partial charge in [-0.3, -0.25) is 4.72 Å². The Balaban J connectivity index is 3.18. The van der Waals surface area contributed by atoms with E-state index in [0.29, 0.717) is 0 Å². The maximum atomic E-state index is 12.9. The summed E-state index contributed by atoms with van der Waals surface area (Å²) in [4.78, 5) is 0. The van der Waals surface area contributed by atoms with Crippen LogP contribution in [0.25, 0.3) is 0 Å². The van der Waals surface area contributed by atoms with Crippen LogP contribution in [0.1, 0.15) is 6.92 Å². The molecule has 0 spiro atoms. The smallest absolute Gasteiger partial charge is 0.248 e. The molecule has 4 nitrogen and oxygen atoms in total. The summed E-state index contributed by atoms with van der Waals surface area (Å²) in [6.45, 7) is 1.20. The van der Waals surface area contributed by atoms with Crippen LogP contribution >= 0.6 is 23.2 Å². The van der Waals surface area contributed by atoms with Crippen molar-refractivity contribution in [3.05, 3.63) is 28.0 Å². The van der Waals surface area contributed by atoms with Crippen molar-refractivity contribution in [2.75, 3.05) is 4.72 Å². The molecule has 0 saturated carbocycles. The third kappa shape index (κ3) is 3.22. The Labute approximate surface area is 108 Å². The average molecular weight is 297 g/mol. The first-order valence-electron chi connectivity index (χ1n) is 4.33. The van der Waals surface area contributed by atoms with E-state index < -0.39 is 21.1 Å². The molecule has 1 atom stereocenters. The summed E-state index contributed by atoms with van der Waals surface area (Å²) in [5, 5.41) is 6.90. The van der Waals surface area contributed by atoms with Gasteiger partial charge in [-0.05, 0) is 19.1 Å². The Morgan fingerprint density at radius 2 is 1.88 bits per heavy atom. The predicted molar refractivity (Wildman–Crippen MR) is 64.0 cm³/mol. The van der Waals surface area contributed by atoms with Gasteiger partial charge >= 0.3 is 0 Å². The highest BCUT2D eigenvalue weighted by Crippen LogP contribution is 2.32. The zero-order valence-corrected chi connectivity index (χ0v) is 10.9. The largest absolute Gasteiger partial charge is 0.279 e. The molecule has 0 fully saturated rings. The molecule has 1 N–H and O–H groups in total. The highest BCUT2D eigenvalue weighted by atomic mass is 35.5. The zero-order chi connectivity index (χ0) is 13.2. The molecule has 0 saturated heterocycles. The van der Waals surface area contributed by atoms with E-state index in [4.69, 9.17) is 28.5 Å². The van der Waals surface area contributed by atoms with Crippen molar-refractivity contribution in [3.63, 3.8) is 0 Å². The second-order valence-electron chi connectivity index (χ2n) is 3.16. The van der Waals surface area contributed by atoms with Crippen LogP contribution in [0.4, 0.5) is 10.1 Å². The van der Waals surface area contributed by atoms with Gasteiger partial charge in [0.1, 0.15) is 5.82 Å². The van der Waals surface area contributed by atoms with Crippen molar-refractivity contribution >= 4 is 38.9 Å². The fraction of sp³-hybridized carbons (Fsp3) is 0.222. The molecule has 8 heteroatoms. The molecule has 17 heavy (non-hydrogen) atoms. The average Bonchev–Trinajstić information content (AvgIpc) is 2.22. The first kappa shape index (κ1) is 14.0. The van der Waals surface area contributed by atoms with Crippen LogP contribution in [0.15, 0.2) is 12.1 Å². The van der Waals surface area contributed by atoms with E-state index in [0.717, 1.165) is 12.1 Å². The minimum absolute atomic E-state index is 0.142. The summed E-state index contributed by atoms with van der Waals surface area (Å²) in [6, 6.07) is 3.40. The van der Waals surface area contributed by atoms with Crippen LogP contribution in [0.2, 0.25) is 10.0 Å². The first-order valence-corrected chi connectivity index (χ1v) is 6.64. The molecule has 0 aliphatic carbocycles. The molecule has 0 aliphatic heterocycles. The molecular formula is C9H7Cl2FN2O2S. The minimum Gasteiger partial charge on any atom is -0.279 e. The summed E-state index contributed by atoms with van der Waals surface area (Å²) < 4.78 is 38.1. The third-order valence-corrected chi connectivity index (χ3v) is 4.02. The fourth-order valence-electron chi connectivity index (χ4n) is 0.940. The topological polar surface area (TPSA) is 70.0 Å². The van der Waals surface area contributed by atoms with Crippen LogP contribution in [0, 0.1) is 17.1 Å². The van der Waals surface area contributed by atoms with Crippen molar-refractivity contribution in [3.8, 4) is 6.07 Å². The molecule has 0 aromatic heterocycles. The van der Waals surface area contributed by atoms with Gasteiger partial charge in [-0.2, -0.15) is 5.26 Å². The standard InChI is InChI=1S/C9H7Cl2FN2O2S/c1-5(4-13)17(15,16)14-9-7(10)2-6(12)3-8(9)11/h2-3,5,14H,1H3. The summed E-state index contributed by atoms with van der Waals surface area (Å²) >= 11 is 11.3. The van der Waals surface area contributed by atoms with Gasteiger partial charge in [0.2, 0.25) is 10.0 Å². The summed E-state index contributed by atoms with van der Waals surface area (Å²) in [6.07, 6.45) is 0. The molecule has 1 unspecified atom stereocenters. The molecule has 1 rings (SSSR count). The number of sulfonamides is 1. The normalized spacial score (nSPS) is 12.9. The van der Waals surface area contributed by atoms with E-state index in [2.05, 4.69) is 4.72 Å². The number of nitrogens with zero attached hydrogens (tertiary/aromatic N) is 1. The van der Waals surface area contributed by atoms with Crippen LogP contribution in [0.3, 0.4) is 0 Å². The molecule has 0 aliphatic rings. The minimum atomic E-state index is -3.92. The first-order chi connectivity index (χ1) is 7.77. The van der Waals surface area contributed by atoms with Gasteiger partial charge < -0.3 is 0 Å². The van der Waals surface area contributed by atoms with Gasteiger partial charge in [0, 0.05) is 0 Å². The van der Waals surface area contributed by atoms with E-state index in [9.17, 15) is 12.8 Å². The van der Waals surface area contributed by atoms with Crippen molar-refractivity contribution in [1.82, 2.24) is 0 Å². The van der Waals surface area contributed by atoms with Gasteiger partial charge in [0.05, 0.1) is 21.8 Å². The molecule has 0 heterocycles. The van der Waals surface area contributed by atoms with Crippen molar-refractivity contribution < 1.29 is 12.8 Å². The molecule has 0 radical (unpaired) electrons. The Hall–Kier alpha value is -1.03. The highest BCUT2D eigenvalue weighted by Gasteiger charge is 2.22. The number of nitrogens with one attached hydrogen (secondary N) is 1. The number of halogens is 3. The van der Waals surface area contributed by atoms with E-state index in [1.54, 1.807) is 6.07 Å². The lowest BCUT2D eigenvalue weighted by atomic mass is 10.3. The molecular weight excluding hydrogens is 290 g/mol. The van der Waals surface area contributed by atoms with Crippen LogP contribution in [-0.2, 0) is 10.0 Å². The van der Waals surface area contributed by atoms with Gasteiger partial charge in [0.25, 0.3) is 0 Å². The van der Waals surface area contributed by atoms with Crippen LogP contribution in [0.5, 0.6) is 0 Å². The monoisotopic (exact) mass is 296 g/mol. The number of hydrogen-bond donors (Lipinski definition) is 1. The number of hydrogen-bond acceptors (Lipinski definition) is 3. The third-order valence-electron chi connectivity index (χ3n) is 1.90. The molecule has 0 amide bonds. The number of anilines is 1. The van der Waals surface area contributed by atoms with Gasteiger partial charge in [-0.15, -0.1) is 0 Å². The lowest BCUT2D eigenvalue weighted by molar-refractivity contribution is 0.597. The second kappa shape index (κ2) is 5.08. The van der Waals surface area contributed by atoms with Crippen molar-refractivity contribution in [1.29, 1.82) is 5.26 Å². The molecule has 92 valence electrons. The van der Waals surface area contributed by atoms with Gasteiger partial charge in [0.15, 0.2) is 5.25 Å². The van der Waals surface area contributed by atoms with Crippen molar-refractivity contribution in [2.24, 2.45) is 0 Å². The Kier molecular flexibility index (Phi) is 4.20. The SMILES string of the molecule is CC(C#N)S(=O)(=O)Nc1c(Cl)cc(F)cc1Cl. The van der Waals surface area contributed by atoms with Crippen LogP contribution in [-0.4, -0.2) is 13.7 Å². The maximum absolute atomic E-state index is 12.9. The predicted octanol–water partition coefficient (Wildman–Crippen LogP) is 2.79. The number of nitriles is 1. The van der Waals surface area contributed by atoms with Gasteiger partial charge in [-0.1, -0.05) is 23.2 Å². The molecule has 1 aromatic carbocycles. The fourth-order valence-corrected chi connectivity index (χ4v) is 2.43. The van der Waals surface area contributed by atoms with Crippen molar-refractivity contribution in [2.45, 2.75) is 12.2 Å². The highest BCUT2D eigenvalue weighted by molar-refractivity contribution is 7.93. The summed E-state index contributed by atoms with van der Waals surface area (Å²) in [5.41, 5.74) is -0.142. The lowest BCUT2D eigenvalue weighted by Gasteiger charge is -2.12. The Morgan fingerprint density at radius 1 is 1.41 bits per heavy atom. The van der Waals surface area contributed by atoms with E-state index in [1.165, 1.54) is 6.92 Å². The maximum Gasteiger partial charge on any atom is 0.248 e. The number of rotatable bonds is 3. The quantitative estimate of drug-likeness (QED) is 0.932. The number of benzene rings is 1. The van der Waals surface area contributed by atoms with E-state index in [-0.39, 0.29) is 15.7 Å². The Morgan fingerprint density at radius 3 is 2.29 bits per heavy atom. The summed E-state index contributed by atoms with van der Waals surface area (Å²) in [5.74, 6) is -0.684.